The van der Waals surface area contributed by atoms with Crippen LogP contribution >= 0.6 is 22.5 Å². The lowest BCUT2D eigenvalue weighted by Crippen LogP contribution is -2.60. The van der Waals surface area contributed by atoms with Gasteiger partial charge in [-0.25, -0.2) is 0 Å². The topological polar surface area (TPSA) is 78.4 Å². The predicted molar refractivity (Wildman–Crippen MR) is 162 cm³/mol. The van der Waals surface area contributed by atoms with Gasteiger partial charge in [0.25, 0.3) is 0 Å². The third-order valence-electron chi connectivity index (χ3n) is 6.65. The first-order chi connectivity index (χ1) is 19.9. The number of hydrogen-bond acceptors (Lipinski definition) is 5. The molecule has 0 N–H and O–H groups in total. The Morgan fingerprint density at radius 2 is 1.00 bits per heavy atom. The van der Waals surface area contributed by atoms with E-state index in [2.05, 4.69) is 36.4 Å². The van der Waals surface area contributed by atoms with Crippen molar-refractivity contribution in [2.75, 3.05) is 0 Å². The molecule has 4 aromatic rings. The summed E-state index contributed by atoms with van der Waals surface area (Å²) in [5.74, 6) is 0. The van der Waals surface area contributed by atoms with E-state index in [4.69, 9.17) is 3.74 Å². The molecule has 2 aliphatic rings. The van der Waals surface area contributed by atoms with Gasteiger partial charge in [-0.15, -0.1) is 0 Å². The van der Waals surface area contributed by atoms with Gasteiger partial charge in [-0.2, -0.15) is 14.0 Å². The van der Waals surface area contributed by atoms with Gasteiger partial charge in [-0.1, -0.05) is 133 Å². The van der Waals surface area contributed by atoms with Crippen LogP contribution in [0.4, 0.5) is 0 Å². The summed E-state index contributed by atoms with van der Waals surface area (Å²) in [6.07, 6.45) is 6.80. The molecule has 0 fully saturated rings. The summed E-state index contributed by atoms with van der Waals surface area (Å²) < 4.78 is 41.2. The lowest BCUT2D eigenvalue weighted by molar-refractivity contribution is -1.91. The number of hydrogen-bond donors (Lipinski definition) is 0. The largest absolute Gasteiger partial charge is 0.182 e. The van der Waals surface area contributed by atoms with E-state index in [9.17, 15) is 14.0 Å². The van der Waals surface area contributed by atoms with Crippen molar-refractivity contribution in [1.29, 1.82) is 0 Å². The van der Waals surface area contributed by atoms with Gasteiger partial charge in [-0.05, 0) is 51.6 Å². The molecule has 4 aromatic carbocycles. The Hall–Kier alpha value is -3.46. The van der Waals surface area contributed by atoms with Crippen molar-refractivity contribution in [2.24, 2.45) is 0 Å². The molecule has 41 heavy (non-hydrogen) atoms. The molecule has 4 nitrogen and oxygen atoms in total. The number of halogens is 1. The molecule has 0 bridgehead atoms. The van der Waals surface area contributed by atoms with Gasteiger partial charge < -0.3 is 0 Å². The average molecular weight is 597 g/mol. The summed E-state index contributed by atoms with van der Waals surface area (Å²) in [6.45, 7) is 0. The molecule has 1 unspecified atom stereocenters. The highest BCUT2D eigenvalue weighted by molar-refractivity contribution is 8.20. The minimum absolute atomic E-state index is 0.422. The summed E-state index contributed by atoms with van der Waals surface area (Å²) in [7, 11) is -6.09. The molecule has 2 aliphatic heterocycles. The van der Waals surface area contributed by atoms with E-state index in [1.165, 1.54) is 0 Å². The standard InChI is InChI=1S/C34H25ClO4S2/c36-35(37,38)39-41-33(27-17-9-3-10-18-27)23-30(24-34(41)28-19-11-4-12-20-28)29-21-31(25-13-5-1-6-14-25)40-32(22-29)26-15-7-2-8-16-26/h1-23H,24H2. The molecule has 0 saturated carbocycles. The molecule has 0 radical (unpaired) electrons. The number of allylic oxidation sites excluding steroid dienone is 5. The first kappa shape index (κ1) is 27.7. The van der Waals surface area contributed by atoms with Crippen molar-refractivity contribution >= 4 is 42.1 Å². The van der Waals surface area contributed by atoms with E-state index in [1.807, 2.05) is 103 Å². The van der Waals surface area contributed by atoms with E-state index >= 15 is 0 Å². The van der Waals surface area contributed by atoms with Crippen LogP contribution in [-0.4, -0.2) is 4.86 Å². The van der Waals surface area contributed by atoms with E-state index in [-0.39, 0.29) is 0 Å². The fourth-order valence-electron chi connectivity index (χ4n) is 4.77. The van der Waals surface area contributed by atoms with Gasteiger partial charge in [-0.3, -0.25) is 0 Å². The highest BCUT2D eigenvalue weighted by atomic mass is 35.7. The van der Waals surface area contributed by atoms with Crippen LogP contribution < -0.4 is 14.0 Å². The van der Waals surface area contributed by atoms with Crippen LogP contribution in [0.5, 0.6) is 0 Å². The number of rotatable bonds is 6. The maximum absolute atomic E-state index is 12.0. The Balaban J connectivity index is 1.59. The van der Waals surface area contributed by atoms with Gasteiger partial charge in [0, 0.05) is 21.1 Å². The van der Waals surface area contributed by atoms with Gasteiger partial charge in [0.05, 0.1) is 15.1 Å². The minimum Gasteiger partial charge on any atom is -0.182 e. The Morgan fingerprint density at radius 1 is 0.561 bits per heavy atom. The van der Waals surface area contributed by atoms with Crippen LogP contribution in [0.15, 0.2) is 151 Å². The molecule has 2 heterocycles. The first-order valence-corrected chi connectivity index (χ1v) is 16.1. The fourth-order valence-corrected chi connectivity index (χ4v) is 8.58. The molecule has 1 atom stereocenters. The zero-order chi connectivity index (χ0) is 28.2. The maximum Gasteiger partial charge on any atom is 0.144 e. The van der Waals surface area contributed by atoms with Crippen LogP contribution in [0.3, 0.4) is 0 Å². The van der Waals surface area contributed by atoms with Gasteiger partial charge in [0.1, 0.15) is 14.5 Å². The highest BCUT2D eigenvalue weighted by Gasteiger charge is 2.33. The Bertz CT molecular complexity index is 1650. The third kappa shape index (κ3) is 6.56. The lowest BCUT2D eigenvalue weighted by atomic mass is 9.96. The van der Waals surface area contributed by atoms with Crippen molar-refractivity contribution in [2.45, 2.75) is 6.42 Å². The Kier molecular flexibility index (Phi) is 8.23. The average Bonchev–Trinajstić information content (AvgIpc) is 3.02. The summed E-state index contributed by atoms with van der Waals surface area (Å²) in [5.41, 5.74) is 5.90. The molecule has 204 valence electrons. The van der Waals surface area contributed by atoms with Crippen molar-refractivity contribution in [1.82, 2.24) is 0 Å². The normalized spacial score (nSPS) is 17.6. The smallest absolute Gasteiger partial charge is 0.144 e. The quantitative estimate of drug-likeness (QED) is 0.260. The second-order valence-electron chi connectivity index (χ2n) is 9.38. The fraction of sp³-hybridized carbons (Fsp3) is 0.0294. The minimum atomic E-state index is -4.67. The van der Waals surface area contributed by atoms with Crippen LogP contribution in [0.25, 0.3) is 14.7 Å². The SMILES string of the molecule is [O-][Cl+3]([O-])([O-])OS1=C(c2ccccc2)CC(=C2C=C(c3ccccc3)SC(c3ccccc3)=C2)C=C1c1ccccc1. The zero-order valence-electron chi connectivity index (χ0n) is 21.8. The molecular weight excluding hydrogens is 572 g/mol. The van der Waals surface area contributed by atoms with Crippen LogP contribution in [0.1, 0.15) is 28.7 Å². The molecule has 0 saturated heterocycles. The summed E-state index contributed by atoms with van der Waals surface area (Å²) in [6, 6.07) is 39.6. The maximum atomic E-state index is 12.0. The zero-order valence-corrected chi connectivity index (χ0v) is 24.2. The first-order valence-electron chi connectivity index (χ1n) is 12.9. The summed E-state index contributed by atoms with van der Waals surface area (Å²) in [4.78, 5) is 3.62. The van der Waals surface area contributed by atoms with E-state index in [0.29, 0.717) is 11.3 Å². The number of thioether (sulfide) groups is 1. The second kappa shape index (κ2) is 12.2. The van der Waals surface area contributed by atoms with Crippen molar-refractivity contribution in [3.8, 4) is 0 Å². The molecule has 6 rings (SSSR count). The Morgan fingerprint density at radius 3 is 1.46 bits per heavy atom. The van der Waals surface area contributed by atoms with Crippen molar-refractivity contribution in [3.05, 3.63) is 173 Å². The monoisotopic (exact) mass is 596 g/mol. The van der Waals surface area contributed by atoms with Crippen LogP contribution in [-0.2, 0) is 3.74 Å². The van der Waals surface area contributed by atoms with Gasteiger partial charge >= 0.3 is 0 Å². The Labute approximate surface area is 248 Å². The van der Waals surface area contributed by atoms with Crippen LogP contribution in [0, 0.1) is 10.2 Å². The molecule has 0 spiro atoms. The molecular formula is C34H25ClO4S2. The number of benzene rings is 4. The molecule has 0 aromatic heterocycles. The van der Waals surface area contributed by atoms with E-state index < -0.39 is 21.0 Å². The van der Waals surface area contributed by atoms with Crippen molar-refractivity contribution < 1.29 is 28.0 Å². The van der Waals surface area contributed by atoms with E-state index in [1.54, 1.807) is 11.8 Å². The molecule has 0 aliphatic carbocycles. The summed E-state index contributed by atoms with van der Waals surface area (Å²) >= 11 is 1.72. The van der Waals surface area contributed by atoms with Crippen LogP contribution in [0.2, 0.25) is 0 Å². The third-order valence-corrected chi connectivity index (χ3v) is 10.5. The predicted octanol–water partition coefficient (Wildman–Crippen LogP) is 5.88. The second-order valence-corrected chi connectivity index (χ2v) is 13.2. The van der Waals surface area contributed by atoms with Gasteiger partial charge in [0.15, 0.2) is 0 Å². The molecule has 7 heteroatoms. The summed E-state index contributed by atoms with van der Waals surface area (Å²) in [5, 5.41) is 0. The highest BCUT2D eigenvalue weighted by Crippen LogP contribution is 2.49. The molecule has 0 amide bonds. The lowest BCUT2D eigenvalue weighted by Gasteiger charge is -2.25. The van der Waals surface area contributed by atoms with E-state index in [0.717, 1.165) is 48.1 Å². The van der Waals surface area contributed by atoms with Gasteiger partial charge in [0.2, 0.25) is 0 Å². The van der Waals surface area contributed by atoms with Crippen molar-refractivity contribution in [3.63, 3.8) is 0 Å².